The fourth-order valence-corrected chi connectivity index (χ4v) is 4.42. The average Bonchev–Trinajstić information content (AvgIpc) is 2.14. The van der Waals surface area contributed by atoms with E-state index in [-0.39, 0.29) is 0 Å². The maximum atomic E-state index is 2.50. The van der Waals surface area contributed by atoms with Crippen molar-refractivity contribution in [2.45, 2.75) is 54.4 Å². The minimum absolute atomic E-state index is 0.561. The summed E-state index contributed by atoms with van der Waals surface area (Å²) in [5, 5.41) is 0. The number of hydrogen-bond acceptors (Lipinski definition) is 0. The number of rotatable bonds is 0. The summed E-state index contributed by atoms with van der Waals surface area (Å²) in [6, 6.07) is 0. The molecule has 0 spiro atoms. The second-order valence-corrected chi connectivity index (χ2v) is 6.47. The van der Waals surface area contributed by atoms with E-state index in [4.69, 9.17) is 0 Å². The van der Waals surface area contributed by atoms with E-state index in [2.05, 4.69) is 41.5 Å². The molecule has 0 heteroatoms. The van der Waals surface area contributed by atoms with E-state index in [1.165, 1.54) is 12.8 Å². The highest BCUT2D eigenvalue weighted by Gasteiger charge is 2.83. The Morgan fingerprint density at radius 2 is 1.25 bits per heavy atom. The first-order valence-corrected chi connectivity index (χ1v) is 5.21. The number of hydrogen-bond donors (Lipinski definition) is 0. The van der Waals surface area contributed by atoms with E-state index in [9.17, 15) is 0 Å². The lowest BCUT2D eigenvalue weighted by Crippen LogP contribution is -2.24. The Morgan fingerprint density at radius 3 is 1.42 bits per heavy atom. The molecule has 70 valence electrons. The molecule has 0 nitrogen and oxygen atoms in total. The second-order valence-electron chi connectivity index (χ2n) is 6.47. The molecule has 12 heavy (non-hydrogen) atoms. The summed E-state index contributed by atoms with van der Waals surface area (Å²) in [4.78, 5) is 0. The lowest BCUT2D eigenvalue weighted by atomic mass is 9.72. The zero-order chi connectivity index (χ0) is 9.41. The van der Waals surface area contributed by atoms with Crippen LogP contribution >= 0.6 is 0 Å². The van der Waals surface area contributed by atoms with Crippen LogP contribution in [0.25, 0.3) is 0 Å². The molecule has 0 N–H and O–H groups in total. The van der Waals surface area contributed by atoms with Crippen molar-refractivity contribution in [2.24, 2.45) is 21.7 Å². The summed E-state index contributed by atoms with van der Waals surface area (Å²) >= 11 is 0. The fraction of sp³-hybridized carbons (Fsp3) is 1.00. The van der Waals surface area contributed by atoms with Crippen LogP contribution in [0.1, 0.15) is 54.4 Å². The van der Waals surface area contributed by atoms with Gasteiger partial charge in [-0.05, 0) is 34.5 Å². The third-order valence-corrected chi connectivity index (χ3v) is 6.27. The Balaban J connectivity index is 2.48. The SMILES string of the molecule is CC1(C)CCC2(C)C(C)(C)[C@@]12C. The third kappa shape index (κ3) is 0.482. The van der Waals surface area contributed by atoms with Gasteiger partial charge in [0.15, 0.2) is 0 Å². The largest absolute Gasteiger partial charge is 0.0593 e. The van der Waals surface area contributed by atoms with Gasteiger partial charge in [0.25, 0.3) is 0 Å². The van der Waals surface area contributed by atoms with Gasteiger partial charge in [-0.1, -0.05) is 41.5 Å². The normalized spacial score (nSPS) is 53.5. The lowest BCUT2D eigenvalue weighted by Gasteiger charge is -2.32. The molecule has 0 heterocycles. The summed E-state index contributed by atoms with van der Waals surface area (Å²) in [7, 11) is 0. The molecule has 0 saturated heterocycles. The highest BCUT2D eigenvalue weighted by molar-refractivity contribution is 5.31. The predicted octanol–water partition coefficient (Wildman–Crippen LogP) is 3.86. The highest BCUT2D eigenvalue weighted by atomic mass is 14.9. The maximum absolute atomic E-state index is 2.50. The Labute approximate surface area is 76.7 Å². The first-order valence-electron chi connectivity index (χ1n) is 5.21. The summed E-state index contributed by atoms with van der Waals surface area (Å²) in [6.45, 7) is 14.8. The minimum Gasteiger partial charge on any atom is -0.0593 e. The predicted molar refractivity (Wildman–Crippen MR) is 53.0 cm³/mol. The molecule has 0 aromatic carbocycles. The Bertz CT molecular complexity index is 226. The van der Waals surface area contributed by atoms with Gasteiger partial charge in [-0.25, -0.2) is 0 Å². The van der Waals surface area contributed by atoms with E-state index in [1.54, 1.807) is 0 Å². The second kappa shape index (κ2) is 1.63. The van der Waals surface area contributed by atoms with Gasteiger partial charge in [0, 0.05) is 0 Å². The molecule has 0 amide bonds. The van der Waals surface area contributed by atoms with Crippen LogP contribution in [0.3, 0.4) is 0 Å². The molecule has 0 aromatic rings. The monoisotopic (exact) mass is 166 g/mol. The van der Waals surface area contributed by atoms with Crippen LogP contribution in [0.4, 0.5) is 0 Å². The van der Waals surface area contributed by atoms with Crippen LogP contribution in [0, 0.1) is 21.7 Å². The van der Waals surface area contributed by atoms with Crippen LogP contribution in [-0.4, -0.2) is 0 Å². The van der Waals surface area contributed by atoms with E-state index in [1.807, 2.05) is 0 Å². The van der Waals surface area contributed by atoms with Gasteiger partial charge in [0.2, 0.25) is 0 Å². The van der Waals surface area contributed by atoms with Crippen molar-refractivity contribution < 1.29 is 0 Å². The molecular weight excluding hydrogens is 144 g/mol. The van der Waals surface area contributed by atoms with Gasteiger partial charge in [-0.3, -0.25) is 0 Å². The Kier molecular flexibility index (Phi) is 1.17. The van der Waals surface area contributed by atoms with E-state index in [0.717, 1.165) is 0 Å². The van der Waals surface area contributed by atoms with Gasteiger partial charge in [-0.15, -0.1) is 0 Å². The lowest BCUT2D eigenvalue weighted by molar-refractivity contribution is 0.168. The fourth-order valence-electron chi connectivity index (χ4n) is 4.42. The van der Waals surface area contributed by atoms with Gasteiger partial charge < -0.3 is 0 Å². The smallest absolute Gasteiger partial charge is 0.0159 e. The molecule has 2 aliphatic rings. The molecule has 2 aliphatic carbocycles. The standard InChI is InChI=1S/C12H22/c1-9(2)7-8-11(5)10(3,4)12(9,11)6/h7-8H2,1-6H3/t11?,12-/m1/s1. The van der Waals surface area contributed by atoms with Crippen molar-refractivity contribution in [3.8, 4) is 0 Å². The molecule has 0 radical (unpaired) electrons. The zero-order valence-corrected chi connectivity index (χ0v) is 9.41. The third-order valence-electron chi connectivity index (χ3n) is 6.27. The molecular formula is C12H22. The first kappa shape index (κ1) is 8.59. The average molecular weight is 166 g/mol. The van der Waals surface area contributed by atoms with Gasteiger partial charge in [-0.2, -0.15) is 0 Å². The molecule has 2 atom stereocenters. The van der Waals surface area contributed by atoms with Gasteiger partial charge >= 0.3 is 0 Å². The maximum Gasteiger partial charge on any atom is -0.0159 e. The van der Waals surface area contributed by atoms with Crippen molar-refractivity contribution in [3.05, 3.63) is 0 Å². The molecule has 0 bridgehead atoms. The molecule has 0 aliphatic heterocycles. The van der Waals surface area contributed by atoms with Gasteiger partial charge in [0.1, 0.15) is 0 Å². The molecule has 2 saturated carbocycles. The summed E-state index contributed by atoms with van der Waals surface area (Å²) in [5.41, 5.74) is 2.35. The first-order chi connectivity index (χ1) is 5.21. The van der Waals surface area contributed by atoms with Crippen molar-refractivity contribution in [2.75, 3.05) is 0 Å². The van der Waals surface area contributed by atoms with Crippen molar-refractivity contribution in [3.63, 3.8) is 0 Å². The topological polar surface area (TPSA) is 0 Å². The molecule has 0 aromatic heterocycles. The molecule has 2 fully saturated rings. The van der Waals surface area contributed by atoms with Gasteiger partial charge in [0.05, 0.1) is 0 Å². The highest BCUT2D eigenvalue weighted by Crippen LogP contribution is 2.89. The number of fused-ring (bicyclic) bond motifs is 1. The summed E-state index contributed by atoms with van der Waals surface area (Å²) in [6.07, 6.45) is 2.85. The quantitative estimate of drug-likeness (QED) is 0.512. The minimum atomic E-state index is 0.561. The van der Waals surface area contributed by atoms with Crippen LogP contribution in [0.15, 0.2) is 0 Å². The van der Waals surface area contributed by atoms with Crippen molar-refractivity contribution in [1.29, 1.82) is 0 Å². The van der Waals surface area contributed by atoms with Crippen molar-refractivity contribution in [1.82, 2.24) is 0 Å². The van der Waals surface area contributed by atoms with E-state index >= 15 is 0 Å². The van der Waals surface area contributed by atoms with Crippen LogP contribution in [0.2, 0.25) is 0 Å². The summed E-state index contributed by atoms with van der Waals surface area (Å²) < 4.78 is 0. The molecule has 2 rings (SSSR count). The zero-order valence-electron chi connectivity index (χ0n) is 9.41. The van der Waals surface area contributed by atoms with Crippen LogP contribution in [0.5, 0.6) is 0 Å². The Hall–Kier alpha value is 0. The summed E-state index contributed by atoms with van der Waals surface area (Å²) in [5.74, 6) is 0. The molecule has 1 unspecified atom stereocenters. The van der Waals surface area contributed by atoms with E-state index in [0.29, 0.717) is 21.7 Å². The van der Waals surface area contributed by atoms with Crippen LogP contribution < -0.4 is 0 Å². The van der Waals surface area contributed by atoms with Crippen LogP contribution in [-0.2, 0) is 0 Å². The van der Waals surface area contributed by atoms with Crippen molar-refractivity contribution >= 4 is 0 Å². The Morgan fingerprint density at radius 1 is 0.750 bits per heavy atom. The van der Waals surface area contributed by atoms with E-state index < -0.39 is 0 Å².